The minimum absolute atomic E-state index is 0.0571. The normalized spacial score (nSPS) is 28.7. The van der Waals surface area contributed by atoms with Gasteiger partial charge in [-0.05, 0) is 45.2 Å². The first-order chi connectivity index (χ1) is 9.97. The number of aliphatic carboxylic acids is 1. The van der Waals surface area contributed by atoms with Crippen LogP contribution in [0.1, 0.15) is 43.7 Å². The van der Waals surface area contributed by atoms with Gasteiger partial charge in [0.15, 0.2) is 0 Å². The molecule has 4 unspecified atom stereocenters. The molecule has 1 aromatic heterocycles. The van der Waals surface area contributed by atoms with Crippen molar-refractivity contribution in [2.75, 3.05) is 0 Å². The molecule has 6 nitrogen and oxygen atoms in total. The van der Waals surface area contributed by atoms with Gasteiger partial charge in [-0.2, -0.15) is 0 Å². The Morgan fingerprint density at radius 1 is 1.43 bits per heavy atom. The summed E-state index contributed by atoms with van der Waals surface area (Å²) in [6, 6.07) is 3.18. The summed E-state index contributed by atoms with van der Waals surface area (Å²) in [5.74, 6) is 0.297. The summed E-state index contributed by atoms with van der Waals surface area (Å²) in [6.45, 7) is 3.72. The molecule has 2 fully saturated rings. The molecule has 2 N–H and O–H groups in total. The molecule has 0 saturated carbocycles. The molecule has 3 rings (SSSR count). The number of hydrogen-bond acceptors (Lipinski definition) is 3. The van der Waals surface area contributed by atoms with Crippen LogP contribution >= 0.6 is 0 Å². The number of carbonyl (C=O) groups is 2. The van der Waals surface area contributed by atoms with E-state index in [1.807, 2.05) is 26.0 Å². The third kappa shape index (κ3) is 2.39. The zero-order valence-electron chi connectivity index (χ0n) is 12.2. The average Bonchev–Trinajstić information content (AvgIpc) is 3.11. The molecule has 3 heterocycles. The lowest BCUT2D eigenvalue weighted by Crippen LogP contribution is -2.45. The van der Waals surface area contributed by atoms with E-state index in [9.17, 15) is 14.7 Å². The van der Waals surface area contributed by atoms with Crippen molar-refractivity contribution in [3.8, 4) is 0 Å². The molecule has 2 aliphatic rings. The van der Waals surface area contributed by atoms with Crippen LogP contribution in [0, 0.1) is 12.8 Å². The summed E-state index contributed by atoms with van der Waals surface area (Å²) in [4.78, 5) is 25.4. The van der Waals surface area contributed by atoms with E-state index in [1.165, 1.54) is 0 Å². The minimum Gasteiger partial charge on any atom is -0.481 e. The Labute approximate surface area is 123 Å². The van der Waals surface area contributed by atoms with Gasteiger partial charge in [0.1, 0.15) is 11.5 Å². The molecule has 0 aliphatic carbocycles. The molecule has 2 amide bonds. The van der Waals surface area contributed by atoms with E-state index < -0.39 is 11.9 Å². The van der Waals surface area contributed by atoms with E-state index in [1.54, 1.807) is 4.90 Å². The number of furan rings is 1. The van der Waals surface area contributed by atoms with Gasteiger partial charge in [-0.1, -0.05) is 0 Å². The van der Waals surface area contributed by atoms with Crippen LogP contribution in [0.3, 0.4) is 0 Å². The Hall–Kier alpha value is -1.98. The van der Waals surface area contributed by atoms with E-state index in [0.29, 0.717) is 12.2 Å². The maximum Gasteiger partial charge on any atom is 0.318 e. The van der Waals surface area contributed by atoms with Crippen LogP contribution in [0.2, 0.25) is 0 Å². The third-order valence-electron chi connectivity index (χ3n) is 4.62. The van der Waals surface area contributed by atoms with Crippen molar-refractivity contribution in [1.29, 1.82) is 0 Å². The average molecular weight is 292 g/mol. The lowest BCUT2D eigenvalue weighted by Gasteiger charge is -2.25. The van der Waals surface area contributed by atoms with E-state index in [-0.39, 0.29) is 24.2 Å². The highest BCUT2D eigenvalue weighted by atomic mass is 16.4. The van der Waals surface area contributed by atoms with Gasteiger partial charge in [0.2, 0.25) is 0 Å². The summed E-state index contributed by atoms with van der Waals surface area (Å²) >= 11 is 0. The Bertz CT molecular complexity index is 568. The minimum atomic E-state index is -0.797. The zero-order chi connectivity index (χ0) is 15.1. The number of aryl methyl sites for hydroxylation is 1. The van der Waals surface area contributed by atoms with E-state index >= 15 is 0 Å². The standard InChI is InChI=1S/C15H20N2O4/c1-8-3-6-13(21-8)9(2)16-15(20)17-10-4-5-12(17)11(7-10)14(18)19/h3,6,9-12H,4-5,7H2,1-2H3,(H,16,20)(H,18,19). The molecular weight excluding hydrogens is 272 g/mol. The lowest BCUT2D eigenvalue weighted by atomic mass is 9.89. The quantitative estimate of drug-likeness (QED) is 0.895. The molecule has 4 atom stereocenters. The Morgan fingerprint density at radius 3 is 2.76 bits per heavy atom. The number of nitrogens with one attached hydrogen (secondary N) is 1. The van der Waals surface area contributed by atoms with Gasteiger partial charge < -0.3 is 19.7 Å². The molecule has 0 radical (unpaired) electrons. The van der Waals surface area contributed by atoms with Gasteiger partial charge in [-0.15, -0.1) is 0 Å². The first-order valence-corrected chi connectivity index (χ1v) is 7.35. The molecule has 2 bridgehead atoms. The Balaban J connectivity index is 1.67. The highest BCUT2D eigenvalue weighted by Gasteiger charge is 2.51. The van der Waals surface area contributed by atoms with E-state index in [2.05, 4.69) is 5.32 Å². The summed E-state index contributed by atoms with van der Waals surface area (Å²) in [5.41, 5.74) is 0. The number of fused-ring (bicyclic) bond motifs is 2. The fourth-order valence-corrected chi connectivity index (χ4v) is 3.59. The van der Waals surface area contributed by atoms with Crippen LogP contribution in [0.25, 0.3) is 0 Å². The zero-order valence-corrected chi connectivity index (χ0v) is 12.2. The molecule has 114 valence electrons. The van der Waals surface area contributed by atoms with Crippen molar-refractivity contribution in [3.63, 3.8) is 0 Å². The van der Waals surface area contributed by atoms with Crippen molar-refractivity contribution in [1.82, 2.24) is 10.2 Å². The van der Waals surface area contributed by atoms with E-state index in [0.717, 1.165) is 18.6 Å². The number of hydrogen-bond donors (Lipinski definition) is 2. The van der Waals surface area contributed by atoms with Gasteiger partial charge in [0.05, 0.1) is 12.0 Å². The smallest absolute Gasteiger partial charge is 0.318 e. The van der Waals surface area contributed by atoms with Gasteiger partial charge >= 0.3 is 12.0 Å². The summed E-state index contributed by atoms with van der Waals surface area (Å²) in [7, 11) is 0. The summed E-state index contributed by atoms with van der Waals surface area (Å²) < 4.78 is 5.51. The largest absolute Gasteiger partial charge is 0.481 e. The number of carboxylic acids is 1. The summed E-state index contributed by atoms with van der Waals surface area (Å²) in [6.07, 6.45) is 2.25. The van der Waals surface area contributed by atoms with Gasteiger partial charge in [0.25, 0.3) is 0 Å². The molecule has 2 aliphatic heterocycles. The number of carbonyl (C=O) groups excluding carboxylic acids is 1. The maximum absolute atomic E-state index is 12.4. The van der Waals surface area contributed by atoms with Gasteiger partial charge in [-0.3, -0.25) is 4.79 Å². The van der Waals surface area contributed by atoms with Crippen LogP contribution in [-0.4, -0.2) is 34.1 Å². The Morgan fingerprint density at radius 2 is 2.19 bits per heavy atom. The highest BCUT2D eigenvalue weighted by molar-refractivity contribution is 5.79. The molecule has 1 aromatic rings. The van der Waals surface area contributed by atoms with Crippen molar-refractivity contribution >= 4 is 12.0 Å². The number of rotatable bonds is 3. The number of nitrogens with zero attached hydrogens (tertiary/aromatic N) is 1. The first kappa shape index (κ1) is 14.0. The van der Waals surface area contributed by atoms with Gasteiger partial charge in [-0.25, -0.2) is 4.79 Å². The second-order valence-corrected chi connectivity index (χ2v) is 6.01. The van der Waals surface area contributed by atoms with Crippen molar-refractivity contribution in [2.24, 2.45) is 5.92 Å². The predicted octanol–water partition coefficient (Wildman–Crippen LogP) is 2.30. The second-order valence-electron chi connectivity index (χ2n) is 6.01. The van der Waals surface area contributed by atoms with Crippen LogP contribution < -0.4 is 5.32 Å². The molecule has 6 heteroatoms. The van der Waals surface area contributed by atoms with Crippen molar-refractivity contribution < 1.29 is 19.1 Å². The summed E-state index contributed by atoms with van der Waals surface area (Å²) in [5, 5.41) is 12.1. The predicted molar refractivity (Wildman–Crippen MR) is 74.8 cm³/mol. The number of carboxylic acid groups (broad SMARTS) is 1. The lowest BCUT2D eigenvalue weighted by molar-refractivity contribution is -0.142. The molecule has 2 saturated heterocycles. The molecular formula is C15H20N2O4. The fraction of sp³-hybridized carbons (Fsp3) is 0.600. The molecule has 21 heavy (non-hydrogen) atoms. The number of amides is 2. The van der Waals surface area contributed by atoms with Gasteiger partial charge in [0, 0.05) is 12.1 Å². The van der Waals surface area contributed by atoms with Crippen LogP contribution in [0.4, 0.5) is 4.79 Å². The number of urea groups is 1. The van der Waals surface area contributed by atoms with Crippen molar-refractivity contribution in [3.05, 3.63) is 23.7 Å². The topological polar surface area (TPSA) is 82.8 Å². The van der Waals surface area contributed by atoms with Crippen molar-refractivity contribution in [2.45, 2.75) is 51.2 Å². The maximum atomic E-state index is 12.4. The van der Waals surface area contributed by atoms with Crippen LogP contribution in [0.15, 0.2) is 16.5 Å². The first-order valence-electron chi connectivity index (χ1n) is 7.35. The van der Waals surface area contributed by atoms with Crippen LogP contribution in [-0.2, 0) is 4.79 Å². The SMILES string of the molecule is Cc1ccc(C(C)NC(=O)N2C3CCC2C(C(=O)O)C3)o1. The third-order valence-corrected chi connectivity index (χ3v) is 4.62. The Kier molecular flexibility index (Phi) is 3.39. The molecule has 0 aromatic carbocycles. The fourth-order valence-electron chi connectivity index (χ4n) is 3.59. The van der Waals surface area contributed by atoms with Crippen LogP contribution in [0.5, 0.6) is 0 Å². The monoisotopic (exact) mass is 292 g/mol. The molecule has 0 spiro atoms. The second kappa shape index (κ2) is 5.09. The highest BCUT2D eigenvalue weighted by Crippen LogP contribution is 2.41. The van der Waals surface area contributed by atoms with E-state index in [4.69, 9.17) is 4.42 Å².